The van der Waals surface area contributed by atoms with Crippen LogP contribution in [0.15, 0.2) is 36.8 Å². The molecule has 1 saturated heterocycles. The lowest BCUT2D eigenvalue weighted by atomic mass is 10.1. The Morgan fingerprint density at radius 2 is 2.00 bits per heavy atom. The first-order chi connectivity index (χ1) is 14.6. The molecule has 0 bridgehead atoms. The van der Waals surface area contributed by atoms with Crippen LogP contribution in [0.2, 0.25) is 5.02 Å². The van der Waals surface area contributed by atoms with Crippen LogP contribution in [-0.2, 0) is 6.42 Å². The van der Waals surface area contributed by atoms with E-state index in [0.29, 0.717) is 28.9 Å². The highest BCUT2D eigenvalue weighted by atomic mass is 35.5. The van der Waals surface area contributed by atoms with Crippen LogP contribution in [0.3, 0.4) is 0 Å². The van der Waals surface area contributed by atoms with Crippen molar-refractivity contribution >= 4 is 23.1 Å². The number of rotatable bonds is 4. The Kier molecular flexibility index (Phi) is 5.08. The van der Waals surface area contributed by atoms with Crippen molar-refractivity contribution in [2.75, 3.05) is 24.1 Å². The molecule has 1 aromatic carbocycles. The summed E-state index contributed by atoms with van der Waals surface area (Å²) >= 11 is 6.38. The summed E-state index contributed by atoms with van der Waals surface area (Å²) in [5, 5.41) is 12.0. The molecule has 4 N–H and O–H groups in total. The zero-order chi connectivity index (χ0) is 20.7. The quantitative estimate of drug-likeness (QED) is 0.578. The number of aromatic nitrogens is 3. The molecule has 1 atom stereocenters. The zero-order valence-corrected chi connectivity index (χ0v) is 17.3. The lowest BCUT2D eigenvalue weighted by Crippen LogP contribution is -2.29. The number of fused-ring (bicyclic) bond motifs is 1. The van der Waals surface area contributed by atoms with Crippen molar-refractivity contribution in [1.29, 1.82) is 0 Å². The van der Waals surface area contributed by atoms with Gasteiger partial charge in [0, 0.05) is 28.5 Å². The molecule has 1 unspecified atom stereocenters. The smallest absolute Gasteiger partial charge is 0.146 e. The van der Waals surface area contributed by atoms with Gasteiger partial charge in [-0.2, -0.15) is 5.10 Å². The van der Waals surface area contributed by atoms with Gasteiger partial charge in [0.05, 0.1) is 24.0 Å². The van der Waals surface area contributed by atoms with E-state index < -0.39 is 0 Å². The summed E-state index contributed by atoms with van der Waals surface area (Å²) in [6.45, 7) is 2.03. The average Bonchev–Trinajstić information content (AvgIpc) is 3.42. The summed E-state index contributed by atoms with van der Waals surface area (Å²) in [6.07, 6.45) is 9.27. The second-order valence-electron chi connectivity index (χ2n) is 8.00. The van der Waals surface area contributed by atoms with E-state index in [2.05, 4.69) is 31.6 Å². The molecule has 1 fully saturated rings. The van der Waals surface area contributed by atoms with Crippen molar-refractivity contribution in [2.45, 2.75) is 37.8 Å². The molecule has 156 valence electrons. The van der Waals surface area contributed by atoms with Crippen LogP contribution >= 0.6 is 11.6 Å². The second-order valence-corrected chi connectivity index (χ2v) is 8.41. The summed E-state index contributed by atoms with van der Waals surface area (Å²) in [4.78, 5) is 4.38. The fourth-order valence-electron chi connectivity index (χ4n) is 4.51. The van der Waals surface area contributed by atoms with Crippen LogP contribution in [0.25, 0.3) is 11.1 Å². The summed E-state index contributed by atoms with van der Waals surface area (Å²) in [5.74, 6) is 0.203. The van der Waals surface area contributed by atoms with Crippen molar-refractivity contribution < 1.29 is 4.39 Å². The number of nitrogens with two attached hydrogens (primary N) is 1. The highest BCUT2D eigenvalue weighted by Gasteiger charge is 2.28. The minimum Gasteiger partial charge on any atom is -0.382 e. The lowest BCUT2D eigenvalue weighted by molar-refractivity contribution is 0.343. The minimum atomic E-state index is -0.205. The maximum atomic E-state index is 14.2. The van der Waals surface area contributed by atoms with Crippen LogP contribution in [0.1, 0.15) is 42.5 Å². The Hall–Kier alpha value is -2.64. The molecule has 30 heavy (non-hydrogen) atoms. The van der Waals surface area contributed by atoms with Gasteiger partial charge in [-0.05, 0) is 68.1 Å². The minimum absolute atomic E-state index is 0.0972. The van der Waals surface area contributed by atoms with E-state index in [4.69, 9.17) is 17.3 Å². The SMILES string of the molecule is Nc1ncc(-c2cnn(C3CCNCC3)c2)cc1NC1CCc2c(F)ccc(Cl)c21. The summed E-state index contributed by atoms with van der Waals surface area (Å²) in [6, 6.07) is 5.35. The maximum Gasteiger partial charge on any atom is 0.146 e. The van der Waals surface area contributed by atoms with Gasteiger partial charge in [0.1, 0.15) is 11.6 Å². The number of nitrogens with zero attached hydrogens (tertiary/aromatic N) is 3. The van der Waals surface area contributed by atoms with Gasteiger partial charge in [0.15, 0.2) is 0 Å². The molecular weight excluding hydrogens is 403 g/mol. The lowest BCUT2D eigenvalue weighted by Gasteiger charge is -2.22. The van der Waals surface area contributed by atoms with Crippen molar-refractivity contribution in [3.05, 3.63) is 58.8 Å². The molecule has 3 heterocycles. The van der Waals surface area contributed by atoms with Gasteiger partial charge in [0.25, 0.3) is 0 Å². The number of hydrogen-bond donors (Lipinski definition) is 3. The Balaban J connectivity index is 1.41. The van der Waals surface area contributed by atoms with Gasteiger partial charge in [-0.1, -0.05) is 11.6 Å². The Bertz CT molecular complexity index is 1080. The molecule has 3 aromatic rings. The molecule has 8 heteroatoms. The number of nitrogens with one attached hydrogen (secondary N) is 2. The molecule has 0 saturated carbocycles. The number of halogens is 2. The van der Waals surface area contributed by atoms with E-state index >= 15 is 0 Å². The normalized spacial score (nSPS) is 19.1. The molecule has 0 radical (unpaired) electrons. The summed E-state index contributed by atoms with van der Waals surface area (Å²) < 4.78 is 16.2. The van der Waals surface area contributed by atoms with E-state index in [0.717, 1.165) is 54.7 Å². The van der Waals surface area contributed by atoms with Crippen molar-refractivity contribution in [2.24, 2.45) is 0 Å². The van der Waals surface area contributed by atoms with Gasteiger partial charge in [-0.25, -0.2) is 9.37 Å². The number of pyridine rings is 1. The number of nitrogen functional groups attached to an aromatic ring is 1. The molecular formula is C22H24ClFN6. The molecule has 0 spiro atoms. The van der Waals surface area contributed by atoms with Crippen molar-refractivity contribution in [1.82, 2.24) is 20.1 Å². The molecule has 6 nitrogen and oxygen atoms in total. The van der Waals surface area contributed by atoms with E-state index in [9.17, 15) is 4.39 Å². The third kappa shape index (κ3) is 3.52. The van der Waals surface area contributed by atoms with Gasteiger partial charge in [-0.3, -0.25) is 4.68 Å². The van der Waals surface area contributed by atoms with E-state index in [1.807, 2.05) is 12.3 Å². The van der Waals surface area contributed by atoms with Crippen LogP contribution in [0.5, 0.6) is 0 Å². The fourth-order valence-corrected chi connectivity index (χ4v) is 4.82. The predicted octanol–water partition coefficient (Wildman–Crippen LogP) is 4.34. The number of benzene rings is 1. The van der Waals surface area contributed by atoms with E-state index in [-0.39, 0.29) is 11.9 Å². The third-order valence-electron chi connectivity index (χ3n) is 6.14. The average molecular weight is 427 g/mol. The van der Waals surface area contributed by atoms with E-state index in [1.165, 1.54) is 6.07 Å². The van der Waals surface area contributed by atoms with Crippen LogP contribution < -0.4 is 16.4 Å². The van der Waals surface area contributed by atoms with Crippen LogP contribution in [0.4, 0.5) is 15.9 Å². The number of anilines is 2. The number of hydrogen-bond acceptors (Lipinski definition) is 5. The molecule has 0 amide bonds. The standard InChI is InChI=1S/C22H24ClFN6/c23-17-2-3-18(24)16-1-4-19(21(16)17)29-20-9-13(10-27-22(20)25)14-11-28-30(12-14)15-5-7-26-8-6-15/h2-3,9-12,15,19,26,29H,1,4-8H2,(H2,25,27). The van der Waals surface area contributed by atoms with Crippen molar-refractivity contribution in [3.8, 4) is 11.1 Å². The first-order valence-corrected chi connectivity index (χ1v) is 10.7. The Morgan fingerprint density at radius 3 is 2.83 bits per heavy atom. The van der Waals surface area contributed by atoms with Crippen LogP contribution in [0, 0.1) is 5.82 Å². The van der Waals surface area contributed by atoms with Gasteiger partial charge >= 0.3 is 0 Å². The van der Waals surface area contributed by atoms with E-state index in [1.54, 1.807) is 12.3 Å². The number of piperidine rings is 1. The largest absolute Gasteiger partial charge is 0.382 e. The Morgan fingerprint density at radius 1 is 1.17 bits per heavy atom. The van der Waals surface area contributed by atoms with Gasteiger partial charge in [-0.15, -0.1) is 0 Å². The summed E-state index contributed by atoms with van der Waals surface area (Å²) in [5.41, 5.74) is 10.3. The first-order valence-electron chi connectivity index (χ1n) is 10.3. The van der Waals surface area contributed by atoms with Crippen LogP contribution in [-0.4, -0.2) is 27.9 Å². The molecule has 2 aromatic heterocycles. The fraction of sp³-hybridized carbons (Fsp3) is 0.364. The topological polar surface area (TPSA) is 80.8 Å². The summed E-state index contributed by atoms with van der Waals surface area (Å²) in [7, 11) is 0. The zero-order valence-electron chi connectivity index (χ0n) is 16.5. The highest BCUT2D eigenvalue weighted by Crippen LogP contribution is 2.40. The highest BCUT2D eigenvalue weighted by molar-refractivity contribution is 6.31. The van der Waals surface area contributed by atoms with Crippen molar-refractivity contribution in [3.63, 3.8) is 0 Å². The predicted molar refractivity (Wildman–Crippen MR) is 117 cm³/mol. The monoisotopic (exact) mass is 426 g/mol. The first kappa shape index (κ1) is 19.3. The Labute approximate surface area is 179 Å². The van der Waals surface area contributed by atoms with Gasteiger partial charge in [0.2, 0.25) is 0 Å². The third-order valence-corrected chi connectivity index (χ3v) is 6.47. The molecule has 1 aliphatic carbocycles. The maximum absolute atomic E-state index is 14.2. The molecule has 2 aliphatic rings. The molecule has 5 rings (SSSR count). The molecule has 1 aliphatic heterocycles. The van der Waals surface area contributed by atoms with Gasteiger partial charge < -0.3 is 16.4 Å². The second kappa shape index (κ2) is 7.89.